The Labute approximate surface area is 144 Å². The molecule has 0 N–H and O–H groups in total. The molecule has 0 amide bonds. The third kappa shape index (κ3) is 3.94. The van der Waals surface area contributed by atoms with Crippen LogP contribution in [0, 0.1) is 5.82 Å². The van der Waals surface area contributed by atoms with Crippen molar-refractivity contribution in [3.05, 3.63) is 60.6 Å². The van der Waals surface area contributed by atoms with Crippen molar-refractivity contribution in [1.29, 1.82) is 0 Å². The topological polar surface area (TPSA) is 56.3 Å². The fourth-order valence-corrected chi connectivity index (χ4v) is 2.97. The molecule has 25 heavy (non-hydrogen) atoms. The van der Waals surface area contributed by atoms with Crippen LogP contribution in [0.1, 0.15) is 5.89 Å². The summed E-state index contributed by atoms with van der Waals surface area (Å²) in [7, 11) is 0. The van der Waals surface area contributed by atoms with Crippen molar-refractivity contribution in [2.75, 3.05) is 19.7 Å². The second kappa shape index (κ2) is 7.16. The Bertz CT molecular complexity index is 801. The molecule has 1 aliphatic heterocycles. The molecule has 6 nitrogen and oxygen atoms in total. The highest BCUT2D eigenvalue weighted by Gasteiger charge is 2.22. The molecule has 0 unspecified atom stereocenters. The van der Waals surface area contributed by atoms with Gasteiger partial charge in [-0.1, -0.05) is 0 Å². The maximum absolute atomic E-state index is 13.0. The van der Waals surface area contributed by atoms with Gasteiger partial charge in [-0.2, -0.15) is 5.10 Å². The van der Waals surface area contributed by atoms with Crippen LogP contribution in [0.2, 0.25) is 0 Å². The molecule has 3 heterocycles. The summed E-state index contributed by atoms with van der Waals surface area (Å²) in [5, 5.41) is 4.22. The minimum Gasteiger partial charge on any atom is -0.439 e. The van der Waals surface area contributed by atoms with Gasteiger partial charge >= 0.3 is 0 Å². The predicted octanol–water partition coefficient (Wildman–Crippen LogP) is 2.58. The quantitative estimate of drug-likeness (QED) is 0.713. The van der Waals surface area contributed by atoms with Crippen molar-refractivity contribution in [2.24, 2.45) is 0 Å². The largest absolute Gasteiger partial charge is 0.439 e. The van der Waals surface area contributed by atoms with Crippen LogP contribution in [-0.4, -0.2) is 45.5 Å². The van der Waals surface area contributed by atoms with E-state index < -0.39 is 0 Å². The van der Waals surface area contributed by atoms with Gasteiger partial charge in [0, 0.05) is 31.0 Å². The maximum atomic E-state index is 13.0. The standard InChI is InChI=1S/C18H19FN4O2/c19-15-4-2-14(3-5-15)17-10-20-18(25-17)13-22-8-9-24-16(11-22)12-23-7-1-6-21-23/h1-7,10,16H,8-9,11-13H2/t16-/m1/s1. The predicted molar refractivity (Wildman–Crippen MR) is 89.1 cm³/mol. The lowest BCUT2D eigenvalue weighted by atomic mass is 10.2. The Balaban J connectivity index is 1.37. The Hall–Kier alpha value is -2.51. The zero-order valence-corrected chi connectivity index (χ0v) is 13.7. The third-order valence-corrected chi connectivity index (χ3v) is 4.21. The van der Waals surface area contributed by atoms with Crippen molar-refractivity contribution in [3.63, 3.8) is 0 Å². The van der Waals surface area contributed by atoms with Gasteiger partial charge in [-0.3, -0.25) is 9.58 Å². The Morgan fingerprint density at radius 1 is 1.24 bits per heavy atom. The van der Waals surface area contributed by atoms with Crippen molar-refractivity contribution in [2.45, 2.75) is 19.2 Å². The van der Waals surface area contributed by atoms with Gasteiger partial charge in [0.2, 0.25) is 5.89 Å². The second-order valence-electron chi connectivity index (χ2n) is 6.08. The van der Waals surface area contributed by atoms with Crippen molar-refractivity contribution >= 4 is 0 Å². The molecule has 0 bridgehead atoms. The monoisotopic (exact) mass is 342 g/mol. The molecule has 1 fully saturated rings. The molecular formula is C18H19FN4O2. The van der Waals surface area contributed by atoms with Crippen LogP contribution < -0.4 is 0 Å². The van der Waals surface area contributed by atoms with Gasteiger partial charge < -0.3 is 9.15 Å². The van der Waals surface area contributed by atoms with E-state index in [9.17, 15) is 4.39 Å². The Morgan fingerprint density at radius 2 is 2.12 bits per heavy atom. The molecule has 0 saturated carbocycles. The lowest BCUT2D eigenvalue weighted by Crippen LogP contribution is -2.43. The molecule has 0 aliphatic carbocycles. The molecule has 0 radical (unpaired) electrons. The molecule has 0 spiro atoms. The lowest BCUT2D eigenvalue weighted by molar-refractivity contribution is -0.0422. The zero-order chi connectivity index (χ0) is 17.1. The molecule has 1 aliphatic rings. The molecule has 1 saturated heterocycles. The van der Waals surface area contributed by atoms with E-state index in [4.69, 9.17) is 9.15 Å². The van der Waals surface area contributed by atoms with Gasteiger partial charge in [0.25, 0.3) is 0 Å². The SMILES string of the molecule is Fc1ccc(-c2cnc(CN3CCO[C@@H](Cn4cccn4)C3)o2)cc1. The average molecular weight is 342 g/mol. The highest BCUT2D eigenvalue weighted by atomic mass is 19.1. The highest BCUT2D eigenvalue weighted by Crippen LogP contribution is 2.21. The number of oxazole rings is 1. The van der Waals surface area contributed by atoms with Crippen molar-refractivity contribution in [3.8, 4) is 11.3 Å². The van der Waals surface area contributed by atoms with Crippen LogP contribution >= 0.6 is 0 Å². The molecule has 2 aromatic heterocycles. The van der Waals surface area contributed by atoms with Crippen molar-refractivity contribution in [1.82, 2.24) is 19.7 Å². The van der Waals surface area contributed by atoms with Gasteiger partial charge in [0.1, 0.15) is 5.82 Å². The van der Waals surface area contributed by atoms with E-state index in [0.717, 1.165) is 25.2 Å². The number of rotatable bonds is 5. The van der Waals surface area contributed by atoms with E-state index in [0.29, 0.717) is 24.8 Å². The van der Waals surface area contributed by atoms with Crippen LogP contribution in [0.25, 0.3) is 11.3 Å². The smallest absolute Gasteiger partial charge is 0.209 e. The Kier molecular flexibility index (Phi) is 4.58. The average Bonchev–Trinajstić information content (AvgIpc) is 3.28. The number of hydrogen-bond acceptors (Lipinski definition) is 5. The number of morpholine rings is 1. The van der Waals surface area contributed by atoms with Crippen LogP contribution in [0.15, 0.2) is 53.3 Å². The van der Waals surface area contributed by atoms with E-state index in [1.54, 1.807) is 24.5 Å². The number of hydrogen-bond donors (Lipinski definition) is 0. The highest BCUT2D eigenvalue weighted by molar-refractivity contribution is 5.55. The maximum Gasteiger partial charge on any atom is 0.209 e. The fraction of sp³-hybridized carbons (Fsp3) is 0.333. The number of aromatic nitrogens is 3. The molecule has 7 heteroatoms. The fourth-order valence-electron chi connectivity index (χ4n) is 2.97. The van der Waals surface area contributed by atoms with Gasteiger partial charge in [-0.15, -0.1) is 0 Å². The summed E-state index contributed by atoms with van der Waals surface area (Å²) in [6, 6.07) is 8.12. The van der Waals surface area contributed by atoms with Crippen LogP contribution in [-0.2, 0) is 17.8 Å². The summed E-state index contributed by atoms with van der Waals surface area (Å²) < 4.78 is 26.5. The molecule has 1 atom stereocenters. The summed E-state index contributed by atoms with van der Waals surface area (Å²) in [5.41, 5.74) is 0.818. The second-order valence-corrected chi connectivity index (χ2v) is 6.08. The van der Waals surface area contributed by atoms with E-state index >= 15 is 0 Å². The van der Waals surface area contributed by atoms with Gasteiger partial charge in [0.05, 0.1) is 32.0 Å². The summed E-state index contributed by atoms with van der Waals surface area (Å²) in [5.74, 6) is 1.04. The summed E-state index contributed by atoms with van der Waals surface area (Å²) >= 11 is 0. The van der Waals surface area contributed by atoms with E-state index in [2.05, 4.69) is 15.0 Å². The number of halogens is 1. The Morgan fingerprint density at radius 3 is 2.92 bits per heavy atom. The van der Waals surface area contributed by atoms with Crippen LogP contribution in [0.3, 0.4) is 0 Å². The summed E-state index contributed by atoms with van der Waals surface area (Å²) in [4.78, 5) is 6.61. The van der Waals surface area contributed by atoms with Crippen LogP contribution in [0.4, 0.5) is 4.39 Å². The first kappa shape index (κ1) is 16.0. The summed E-state index contributed by atoms with van der Waals surface area (Å²) in [6.45, 7) is 3.67. The van der Waals surface area contributed by atoms with E-state index in [1.165, 1.54) is 12.1 Å². The molecule has 4 rings (SSSR count). The van der Waals surface area contributed by atoms with E-state index in [-0.39, 0.29) is 11.9 Å². The molecular weight excluding hydrogens is 323 g/mol. The normalized spacial score (nSPS) is 18.5. The first-order valence-corrected chi connectivity index (χ1v) is 8.28. The lowest BCUT2D eigenvalue weighted by Gasteiger charge is -2.31. The third-order valence-electron chi connectivity index (χ3n) is 4.21. The minimum atomic E-state index is -0.264. The first-order valence-electron chi connectivity index (χ1n) is 8.28. The van der Waals surface area contributed by atoms with Gasteiger partial charge in [0.15, 0.2) is 5.76 Å². The molecule has 130 valence electrons. The van der Waals surface area contributed by atoms with Crippen molar-refractivity contribution < 1.29 is 13.5 Å². The number of benzene rings is 1. The summed E-state index contributed by atoms with van der Waals surface area (Å²) in [6.07, 6.45) is 5.49. The van der Waals surface area contributed by atoms with E-state index in [1.807, 2.05) is 16.9 Å². The van der Waals surface area contributed by atoms with Crippen LogP contribution in [0.5, 0.6) is 0 Å². The molecule has 3 aromatic rings. The first-order chi connectivity index (χ1) is 12.3. The zero-order valence-electron chi connectivity index (χ0n) is 13.7. The number of ether oxygens (including phenoxy) is 1. The minimum absolute atomic E-state index is 0.0974. The van der Waals surface area contributed by atoms with Gasteiger partial charge in [-0.25, -0.2) is 9.37 Å². The van der Waals surface area contributed by atoms with Gasteiger partial charge in [-0.05, 0) is 30.3 Å². The molecule has 1 aromatic carbocycles. The number of nitrogens with zero attached hydrogens (tertiary/aromatic N) is 4.